The van der Waals surface area contributed by atoms with E-state index in [9.17, 15) is 18.8 Å². The zero-order valence-corrected chi connectivity index (χ0v) is 12.3. The molecule has 1 fully saturated rings. The van der Waals surface area contributed by atoms with Crippen LogP contribution in [-0.2, 0) is 9.59 Å². The lowest BCUT2D eigenvalue weighted by atomic mass is 10.2. The van der Waals surface area contributed by atoms with Gasteiger partial charge in [-0.05, 0) is 24.3 Å². The highest BCUT2D eigenvalue weighted by Gasteiger charge is 2.35. The lowest BCUT2D eigenvalue weighted by molar-refractivity contribution is -0.127. The number of imide groups is 1. The van der Waals surface area contributed by atoms with Gasteiger partial charge in [0.1, 0.15) is 18.1 Å². The Bertz CT molecular complexity index is 830. The van der Waals surface area contributed by atoms with Gasteiger partial charge in [0, 0.05) is 5.56 Å². The standard InChI is InChI=1S/C16H12FN3O4/c17-11-3-1-2-4-12(11)18-14(21)8-20-15(22)13(19-16(20)23)7-10-5-6-24-9-10/h1-7,9H,8H2,(H,18,21)(H,19,23)/b13-7+. The van der Waals surface area contributed by atoms with E-state index < -0.39 is 30.2 Å². The summed E-state index contributed by atoms with van der Waals surface area (Å²) in [7, 11) is 0. The fourth-order valence-corrected chi connectivity index (χ4v) is 2.13. The minimum absolute atomic E-state index is 0.0243. The number of nitrogens with one attached hydrogen (secondary N) is 2. The Morgan fingerprint density at radius 2 is 2.08 bits per heavy atom. The average molecular weight is 329 g/mol. The average Bonchev–Trinajstić information content (AvgIpc) is 3.14. The predicted octanol–water partition coefficient (Wildman–Crippen LogP) is 1.95. The highest BCUT2D eigenvalue weighted by molar-refractivity contribution is 6.15. The number of hydrogen-bond donors (Lipinski definition) is 2. The number of anilines is 1. The molecule has 2 heterocycles. The molecule has 1 aromatic carbocycles. The minimum Gasteiger partial charge on any atom is -0.472 e. The van der Waals surface area contributed by atoms with Crippen molar-refractivity contribution in [3.63, 3.8) is 0 Å². The number of nitrogens with zero attached hydrogens (tertiary/aromatic N) is 1. The first-order chi connectivity index (χ1) is 11.5. The first kappa shape index (κ1) is 15.5. The number of rotatable bonds is 4. The van der Waals surface area contributed by atoms with Crippen LogP contribution < -0.4 is 10.6 Å². The summed E-state index contributed by atoms with van der Waals surface area (Å²) in [5, 5.41) is 4.69. The summed E-state index contributed by atoms with van der Waals surface area (Å²) in [4.78, 5) is 36.7. The number of furan rings is 1. The monoisotopic (exact) mass is 329 g/mol. The van der Waals surface area contributed by atoms with Gasteiger partial charge in [-0.25, -0.2) is 14.1 Å². The molecule has 2 N–H and O–H groups in total. The van der Waals surface area contributed by atoms with E-state index in [1.807, 2.05) is 0 Å². The quantitative estimate of drug-likeness (QED) is 0.662. The summed E-state index contributed by atoms with van der Waals surface area (Å²) in [5.41, 5.74) is 0.597. The van der Waals surface area contributed by atoms with Crippen LogP contribution in [0.4, 0.5) is 14.9 Å². The third-order valence-electron chi connectivity index (χ3n) is 3.27. The molecule has 0 bridgehead atoms. The zero-order valence-electron chi connectivity index (χ0n) is 12.3. The molecule has 1 aromatic heterocycles. The molecule has 1 aliphatic rings. The van der Waals surface area contributed by atoms with Crippen LogP contribution in [0.3, 0.4) is 0 Å². The Morgan fingerprint density at radius 1 is 1.29 bits per heavy atom. The highest BCUT2D eigenvalue weighted by Crippen LogP contribution is 2.15. The highest BCUT2D eigenvalue weighted by atomic mass is 19.1. The second-order valence-corrected chi connectivity index (χ2v) is 4.96. The first-order valence-electron chi connectivity index (χ1n) is 6.96. The number of urea groups is 1. The molecule has 0 unspecified atom stereocenters. The van der Waals surface area contributed by atoms with Gasteiger partial charge in [-0.2, -0.15) is 0 Å². The summed E-state index contributed by atoms with van der Waals surface area (Å²) in [6, 6.07) is 6.49. The molecule has 1 saturated heterocycles. The molecule has 0 aliphatic carbocycles. The van der Waals surface area contributed by atoms with Crippen LogP contribution in [0.2, 0.25) is 0 Å². The molecule has 0 spiro atoms. The molecular formula is C16H12FN3O4. The van der Waals surface area contributed by atoms with Gasteiger partial charge in [0.15, 0.2) is 0 Å². The third kappa shape index (κ3) is 3.17. The van der Waals surface area contributed by atoms with Crippen molar-refractivity contribution in [2.24, 2.45) is 0 Å². The lowest BCUT2D eigenvalue weighted by Gasteiger charge is -2.12. The van der Waals surface area contributed by atoms with Gasteiger partial charge >= 0.3 is 6.03 Å². The van der Waals surface area contributed by atoms with Gasteiger partial charge in [-0.15, -0.1) is 0 Å². The maximum atomic E-state index is 13.5. The summed E-state index contributed by atoms with van der Waals surface area (Å²) < 4.78 is 18.4. The van der Waals surface area contributed by atoms with Crippen LogP contribution in [0.5, 0.6) is 0 Å². The molecular weight excluding hydrogens is 317 g/mol. The number of hydrogen-bond acceptors (Lipinski definition) is 4. The van der Waals surface area contributed by atoms with Crippen molar-refractivity contribution in [2.75, 3.05) is 11.9 Å². The number of amides is 4. The van der Waals surface area contributed by atoms with E-state index in [0.717, 1.165) is 4.90 Å². The normalized spacial score (nSPS) is 15.7. The molecule has 7 nitrogen and oxygen atoms in total. The van der Waals surface area contributed by atoms with Crippen molar-refractivity contribution in [2.45, 2.75) is 0 Å². The molecule has 1 aliphatic heterocycles. The number of halogens is 1. The summed E-state index contributed by atoms with van der Waals surface area (Å²) in [6.45, 7) is -0.526. The second-order valence-electron chi connectivity index (χ2n) is 4.96. The molecule has 0 radical (unpaired) electrons. The van der Waals surface area contributed by atoms with Gasteiger partial charge < -0.3 is 15.1 Å². The van der Waals surface area contributed by atoms with E-state index in [-0.39, 0.29) is 11.4 Å². The summed E-state index contributed by atoms with van der Waals surface area (Å²) in [6.07, 6.45) is 4.26. The first-order valence-corrected chi connectivity index (χ1v) is 6.96. The van der Waals surface area contributed by atoms with Crippen LogP contribution in [0, 0.1) is 5.82 Å². The van der Waals surface area contributed by atoms with Gasteiger partial charge in [-0.3, -0.25) is 9.59 Å². The fourth-order valence-electron chi connectivity index (χ4n) is 2.13. The topological polar surface area (TPSA) is 91.7 Å². The molecule has 2 aromatic rings. The predicted molar refractivity (Wildman–Crippen MR) is 82.0 cm³/mol. The van der Waals surface area contributed by atoms with Crippen molar-refractivity contribution >= 4 is 29.6 Å². The van der Waals surface area contributed by atoms with Crippen LogP contribution >= 0.6 is 0 Å². The Morgan fingerprint density at radius 3 is 2.79 bits per heavy atom. The Labute approximate surface area is 135 Å². The Kier molecular flexibility index (Phi) is 4.11. The van der Waals surface area contributed by atoms with Crippen LogP contribution in [-0.4, -0.2) is 29.3 Å². The molecule has 24 heavy (non-hydrogen) atoms. The van der Waals surface area contributed by atoms with Crippen molar-refractivity contribution in [1.29, 1.82) is 0 Å². The van der Waals surface area contributed by atoms with Crippen molar-refractivity contribution in [3.8, 4) is 0 Å². The number of carbonyl (C=O) groups excluding carboxylic acids is 3. The molecule has 0 atom stereocenters. The number of para-hydroxylation sites is 1. The second kappa shape index (κ2) is 6.37. The summed E-state index contributed by atoms with van der Waals surface area (Å²) in [5.74, 6) is -1.94. The fraction of sp³-hybridized carbons (Fsp3) is 0.0625. The van der Waals surface area contributed by atoms with Crippen molar-refractivity contribution < 1.29 is 23.2 Å². The summed E-state index contributed by atoms with van der Waals surface area (Å²) >= 11 is 0. The van der Waals surface area contributed by atoms with Gasteiger partial charge in [0.2, 0.25) is 5.91 Å². The molecule has 4 amide bonds. The molecule has 3 rings (SSSR count). The van der Waals surface area contributed by atoms with E-state index in [1.165, 1.54) is 36.8 Å². The minimum atomic E-state index is -0.724. The smallest absolute Gasteiger partial charge is 0.329 e. The van der Waals surface area contributed by atoms with E-state index >= 15 is 0 Å². The lowest BCUT2D eigenvalue weighted by Crippen LogP contribution is -2.38. The zero-order chi connectivity index (χ0) is 17.1. The van der Waals surface area contributed by atoms with E-state index in [4.69, 9.17) is 4.42 Å². The van der Waals surface area contributed by atoms with Crippen LogP contribution in [0.15, 0.2) is 53.0 Å². The maximum Gasteiger partial charge on any atom is 0.329 e. The van der Waals surface area contributed by atoms with Crippen molar-refractivity contribution in [1.82, 2.24) is 10.2 Å². The van der Waals surface area contributed by atoms with E-state index in [1.54, 1.807) is 12.1 Å². The molecule has 8 heteroatoms. The Balaban J connectivity index is 1.69. The molecule has 122 valence electrons. The maximum absolute atomic E-state index is 13.5. The van der Waals surface area contributed by atoms with Crippen LogP contribution in [0.25, 0.3) is 6.08 Å². The SMILES string of the molecule is O=C(CN1C(=O)N/C(=C/c2ccoc2)C1=O)Nc1ccccc1F. The number of benzene rings is 1. The molecule has 0 saturated carbocycles. The van der Waals surface area contributed by atoms with E-state index in [0.29, 0.717) is 5.56 Å². The van der Waals surface area contributed by atoms with E-state index in [2.05, 4.69) is 10.6 Å². The largest absolute Gasteiger partial charge is 0.472 e. The van der Waals surface area contributed by atoms with Crippen molar-refractivity contribution in [3.05, 3.63) is 59.9 Å². The number of carbonyl (C=O) groups is 3. The van der Waals surface area contributed by atoms with Crippen LogP contribution in [0.1, 0.15) is 5.56 Å². The Hall–Kier alpha value is -3.42. The van der Waals surface area contributed by atoms with Gasteiger partial charge in [-0.1, -0.05) is 12.1 Å². The third-order valence-corrected chi connectivity index (χ3v) is 3.27. The van der Waals surface area contributed by atoms with Gasteiger partial charge in [0.05, 0.1) is 18.2 Å². The van der Waals surface area contributed by atoms with Gasteiger partial charge in [0.25, 0.3) is 5.91 Å².